The van der Waals surface area contributed by atoms with Crippen LogP contribution in [0.2, 0.25) is 0 Å². The highest BCUT2D eigenvalue weighted by molar-refractivity contribution is 8.00. The van der Waals surface area contributed by atoms with E-state index in [-0.39, 0.29) is 0 Å². The zero-order chi connectivity index (χ0) is 21.5. The Labute approximate surface area is 185 Å². The first kappa shape index (κ1) is 22.7. The average Bonchev–Trinajstić information content (AvgIpc) is 2.73. The van der Waals surface area contributed by atoms with Crippen molar-refractivity contribution in [1.82, 2.24) is 4.98 Å². The molecule has 1 aliphatic rings. The van der Waals surface area contributed by atoms with Gasteiger partial charge in [-0.25, -0.2) is 4.98 Å². The molecule has 0 unspecified atom stereocenters. The van der Waals surface area contributed by atoms with Crippen LogP contribution in [-0.2, 0) is 4.74 Å². The van der Waals surface area contributed by atoms with Crippen LogP contribution in [0.15, 0.2) is 48.0 Å². The third kappa shape index (κ3) is 6.51. The Morgan fingerprint density at radius 3 is 2.57 bits per heavy atom. The summed E-state index contributed by atoms with van der Waals surface area (Å²) < 4.78 is 13.7. The molecule has 1 aromatic heterocycles. The summed E-state index contributed by atoms with van der Waals surface area (Å²) in [5.74, 6) is 3.08. The SMILES string of the molecule is C=C(C)c1cnc(N(CC(C)C)Sc2ccc(OCC3CCOCC3)cc2)c(C)c1. The number of nitrogens with zero attached hydrogens (tertiary/aromatic N) is 2. The Balaban J connectivity index is 1.66. The monoisotopic (exact) mass is 426 g/mol. The number of rotatable bonds is 9. The van der Waals surface area contributed by atoms with Crippen molar-refractivity contribution in [3.63, 3.8) is 0 Å². The summed E-state index contributed by atoms with van der Waals surface area (Å²) in [4.78, 5) is 5.94. The van der Waals surface area contributed by atoms with Crippen molar-refractivity contribution < 1.29 is 9.47 Å². The molecule has 2 heterocycles. The topological polar surface area (TPSA) is 34.6 Å². The van der Waals surface area contributed by atoms with E-state index in [1.807, 2.05) is 13.1 Å². The Morgan fingerprint density at radius 2 is 1.97 bits per heavy atom. The van der Waals surface area contributed by atoms with Crippen LogP contribution in [0.25, 0.3) is 5.57 Å². The van der Waals surface area contributed by atoms with E-state index in [0.717, 1.165) is 61.9 Å². The minimum Gasteiger partial charge on any atom is -0.493 e. The van der Waals surface area contributed by atoms with Gasteiger partial charge in [-0.1, -0.05) is 20.4 Å². The molecule has 2 aromatic rings. The van der Waals surface area contributed by atoms with E-state index in [0.29, 0.717) is 11.8 Å². The zero-order valence-electron chi connectivity index (χ0n) is 18.7. The number of pyridine rings is 1. The molecule has 1 fully saturated rings. The van der Waals surface area contributed by atoms with E-state index in [4.69, 9.17) is 14.5 Å². The Hall–Kier alpha value is -1.98. The highest BCUT2D eigenvalue weighted by Crippen LogP contribution is 2.32. The summed E-state index contributed by atoms with van der Waals surface area (Å²) in [6.07, 6.45) is 4.11. The minimum atomic E-state index is 0.529. The van der Waals surface area contributed by atoms with E-state index >= 15 is 0 Å². The molecule has 1 aromatic carbocycles. The van der Waals surface area contributed by atoms with E-state index < -0.39 is 0 Å². The number of hydrogen-bond donors (Lipinski definition) is 0. The summed E-state index contributed by atoms with van der Waals surface area (Å²) in [7, 11) is 0. The minimum absolute atomic E-state index is 0.529. The van der Waals surface area contributed by atoms with Crippen LogP contribution >= 0.6 is 11.9 Å². The lowest BCUT2D eigenvalue weighted by Crippen LogP contribution is -2.22. The molecule has 1 saturated heterocycles. The van der Waals surface area contributed by atoms with Gasteiger partial charge < -0.3 is 9.47 Å². The molecule has 4 nitrogen and oxygen atoms in total. The fourth-order valence-electron chi connectivity index (χ4n) is 3.41. The van der Waals surface area contributed by atoms with Gasteiger partial charge in [-0.2, -0.15) is 0 Å². The quantitative estimate of drug-likeness (QED) is 0.434. The maximum Gasteiger partial charge on any atom is 0.141 e. The number of ether oxygens (including phenoxy) is 2. The van der Waals surface area contributed by atoms with Gasteiger partial charge >= 0.3 is 0 Å². The van der Waals surface area contributed by atoms with Gasteiger partial charge in [0, 0.05) is 30.9 Å². The molecule has 0 aliphatic carbocycles. The van der Waals surface area contributed by atoms with Crippen molar-refractivity contribution in [1.29, 1.82) is 0 Å². The molecule has 0 radical (unpaired) electrons. The summed E-state index contributed by atoms with van der Waals surface area (Å²) in [6.45, 7) is 16.0. The van der Waals surface area contributed by atoms with Crippen molar-refractivity contribution in [2.75, 3.05) is 30.7 Å². The normalized spacial score (nSPS) is 14.7. The summed E-state index contributed by atoms with van der Waals surface area (Å²) >= 11 is 1.73. The van der Waals surface area contributed by atoms with Crippen molar-refractivity contribution >= 4 is 23.3 Å². The van der Waals surface area contributed by atoms with Crippen molar-refractivity contribution in [2.24, 2.45) is 11.8 Å². The molecule has 0 saturated carbocycles. The van der Waals surface area contributed by atoms with E-state index in [1.165, 1.54) is 10.5 Å². The molecule has 3 rings (SSSR count). The van der Waals surface area contributed by atoms with Gasteiger partial charge in [-0.3, -0.25) is 4.31 Å². The molecule has 1 aliphatic heterocycles. The first-order valence-corrected chi connectivity index (χ1v) is 11.6. The van der Waals surface area contributed by atoms with Crippen LogP contribution in [0.3, 0.4) is 0 Å². The van der Waals surface area contributed by atoms with Crippen molar-refractivity contribution in [3.8, 4) is 5.75 Å². The fourth-order valence-corrected chi connectivity index (χ4v) is 4.57. The van der Waals surface area contributed by atoms with Gasteiger partial charge in [0.25, 0.3) is 0 Å². The Kier molecular flexibility index (Phi) is 8.23. The van der Waals surface area contributed by atoms with Crippen molar-refractivity contribution in [2.45, 2.75) is 45.4 Å². The molecule has 162 valence electrons. The van der Waals surface area contributed by atoms with Crippen LogP contribution < -0.4 is 9.04 Å². The molecule has 5 heteroatoms. The Morgan fingerprint density at radius 1 is 1.27 bits per heavy atom. The zero-order valence-corrected chi connectivity index (χ0v) is 19.5. The van der Waals surface area contributed by atoms with Gasteiger partial charge in [0.1, 0.15) is 11.6 Å². The summed E-state index contributed by atoms with van der Waals surface area (Å²) in [5, 5.41) is 0. The van der Waals surface area contributed by atoms with Gasteiger partial charge in [-0.15, -0.1) is 0 Å². The second kappa shape index (κ2) is 10.9. The van der Waals surface area contributed by atoms with Crippen LogP contribution in [0, 0.1) is 18.8 Å². The number of benzene rings is 1. The highest BCUT2D eigenvalue weighted by Gasteiger charge is 2.16. The van der Waals surface area contributed by atoms with Gasteiger partial charge in [-0.05, 0) is 97.5 Å². The van der Waals surface area contributed by atoms with Crippen LogP contribution in [0.4, 0.5) is 5.82 Å². The fraction of sp³-hybridized carbons (Fsp3) is 0.480. The number of hydrogen-bond acceptors (Lipinski definition) is 5. The average molecular weight is 427 g/mol. The van der Waals surface area contributed by atoms with Gasteiger partial charge in [0.2, 0.25) is 0 Å². The molecule has 30 heavy (non-hydrogen) atoms. The maximum atomic E-state index is 6.01. The second-order valence-corrected chi connectivity index (χ2v) is 9.62. The van der Waals surface area contributed by atoms with E-state index in [1.54, 1.807) is 11.9 Å². The number of aryl methyl sites for hydroxylation is 1. The molecular formula is C25H34N2O2S. The first-order chi connectivity index (χ1) is 14.4. The maximum absolute atomic E-state index is 6.01. The smallest absolute Gasteiger partial charge is 0.141 e. The molecule has 0 spiro atoms. The molecule has 0 N–H and O–H groups in total. The summed E-state index contributed by atoms with van der Waals surface area (Å²) in [5.41, 5.74) is 3.30. The third-order valence-corrected chi connectivity index (χ3v) is 6.20. The highest BCUT2D eigenvalue weighted by atomic mass is 32.2. The lowest BCUT2D eigenvalue weighted by Gasteiger charge is -2.26. The van der Waals surface area contributed by atoms with E-state index in [9.17, 15) is 0 Å². The first-order valence-electron chi connectivity index (χ1n) is 10.8. The number of aromatic nitrogens is 1. The number of anilines is 1. The van der Waals surface area contributed by atoms with Gasteiger partial charge in [0.05, 0.1) is 6.61 Å². The molecular weight excluding hydrogens is 392 g/mol. The van der Waals surface area contributed by atoms with Crippen LogP contribution in [-0.4, -0.2) is 31.3 Å². The largest absolute Gasteiger partial charge is 0.493 e. The molecule has 0 bridgehead atoms. The molecule has 0 atom stereocenters. The summed E-state index contributed by atoms with van der Waals surface area (Å²) in [6, 6.07) is 10.6. The van der Waals surface area contributed by atoms with E-state index in [2.05, 4.69) is 62.0 Å². The second-order valence-electron chi connectivity index (χ2n) is 8.53. The molecule has 0 amide bonds. The van der Waals surface area contributed by atoms with Crippen LogP contribution in [0.5, 0.6) is 5.75 Å². The third-order valence-electron chi connectivity index (χ3n) is 5.18. The number of allylic oxidation sites excluding steroid dienone is 1. The standard InChI is InChI=1S/C25H34N2O2S/c1-18(2)16-27(25-20(5)14-22(15-26-25)19(3)4)30-24-8-6-23(7-9-24)29-17-21-10-12-28-13-11-21/h6-9,14-15,18,21H,3,10-13,16-17H2,1-2,4-5H3. The predicted molar refractivity (Wildman–Crippen MR) is 127 cm³/mol. The lowest BCUT2D eigenvalue weighted by atomic mass is 10.0. The van der Waals surface area contributed by atoms with Crippen LogP contribution in [0.1, 0.15) is 44.7 Å². The van der Waals surface area contributed by atoms with Gasteiger partial charge in [0.15, 0.2) is 0 Å². The predicted octanol–water partition coefficient (Wildman–Crippen LogP) is 6.40. The Bertz CT molecular complexity index is 830. The lowest BCUT2D eigenvalue weighted by molar-refractivity contribution is 0.0497. The van der Waals surface area contributed by atoms with Crippen molar-refractivity contribution in [3.05, 3.63) is 54.2 Å².